The van der Waals surface area contributed by atoms with Gasteiger partial charge in [-0.2, -0.15) is 0 Å². The highest BCUT2D eigenvalue weighted by Gasteiger charge is 2.47. The van der Waals surface area contributed by atoms with Crippen LogP contribution in [-0.4, -0.2) is 22.3 Å². The Morgan fingerprint density at radius 3 is 2.69 bits per heavy atom. The fourth-order valence-electron chi connectivity index (χ4n) is 3.52. The predicted octanol–water partition coefficient (Wildman–Crippen LogP) is 2.06. The molecule has 0 aromatic carbocycles. The average Bonchev–Trinajstić information content (AvgIpc) is 2.23. The summed E-state index contributed by atoms with van der Waals surface area (Å²) >= 11 is 0. The molecule has 2 fully saturated rings. The van der Waals surface area contributed by atoms with Crippen LogP contribution in [0.2, 0.25) is 0 Å². The van der Waals surface area contributed by atoms with Crippen LogP contribution < -0.4 is 0 Å². The lowest BCUT2D eigenvalue weighted by atomic mass is 9.59. The first-order valence-corrected chi connectivity index (χ1v) is 6.11. The molecule has 2 aliphatic carbocycles. The van der Waals surface area contributed by atoms with E-state index < -0.39 is 12.1 Å². The summed E-state index contributed by atoms with van der Waals surface area (Å²) in [6.45, 7) is 6.04. The van der Waals surface area contributed by atoms with Gasteiger partial charge in [0.25, 0.3) is 0 Å². The third-order valence-corrected chi connectivity index (χ3v) is 4.52. The average molecular weight is 224 g/mol. The fourth-order valence-corrected chi connectivity index (χ4v) is 3.52. The van der Waals surface area contributed by atoms with Crippen molar-refractivity contribution >= 4 is 5.97 Å². The number of aliphatic hydroxyl groups is 1. The predicted molar refractivity (Wildman–Crippen MR) is 60.9 cm³/mol. The largest absolute Gasteiger partial charge is 0.481 e. The van der Waals surface area contributed by atoms with Gasteiger partial charge >= 0.3 is 5.97 Å². The maximum Gasteiger partial charge on any atom is 0.306 e. The van der Waals surface area contributed by atoms with Gasteiger partial charge in [-0.25, -0.2) is 0 Å². The third-order valence-electron chi connectivity index (χ3n) is 4.52. The topological polar surface area (TPSA) is 57.5 Å². The van der Waals surface area contributed by atoms with Crippen molar-refractivity contribution in [1.82, 2.24) is 0 Å². The van der Waals surface area contributed by atoms with Gasteiger partial charge in [-0.3, -0.25) is 4.79 Å². The molecule has 0 aromatic rings. The Morgan fingerprint density at radius 1 is 1.38 bits per heavy atom. The van der Waals surface area contributed by atoms with Crippen LogP contribution in [0.25, 0.3) is 0 Å². The Morgan fingerprint density at radius 2 is 2.06 bits per heavy atom. The van der Waals surface area contributed by atoms with Crippen LogP contribution in [-0.2, 0) is 4.79 Å². The molecule has 2 N–H and O–H groups in total. The smallest absolute Gasteiger partial charge is 0.306 e. The molecule has 16 heavy (non-hydrogen) atoms. The van der Waals surface area contributed by atoms with Crippen molar-refractivity contribution in [3.8, 4) is 0 Å². The highest BCUT2D eigenvalue weighted by atomic mass is 16.4. The van der Waals surface area contributed by atoms with E-state index in [-0.39, 0.29) is 11.8 Å². The second-order valence-electron chi connectivity index (χ2n) is 5.38. The summed E-state index contributed by atoms with van der Waals surface area (Å²) in [4.78, 5) is 11.2. The summed E-state index contributed by atoms with van der Waals surface area (Å²) in [5.74, 6) is -0.356. The third kappa shape index (κ3) is 1.77. The molecule has 0 aromatic heterocycles. The molecule has 5 atom stereocenters. The van der Waals surface area contributed by atoms with Gasteiger partial charge in [0.2, 0.25) is 0 Å². The molecule has 2 aliphatic rings. The van der Waals surface area contributed by atoms with E-state index in [1.54, 1.807) is 0 Å². The maximum atomic E-state index is 11.2. The molecule has 2 rings (SSSR count). The number of aliphatic hydroxyl groups excluding tert-OH is 1. The Balaban J connectivity index is 2.26. The number of fused-ring (bicyclic) bond motifs is 1. The highest BCUT2D eigenvalue weighted by Crippen LogP contribution is 2.47. The Bertz CT molecular complexity index is 310. The highest BCUT2D eigenvalue weighted by molar-refractivity contribution is 5.70. The van der Waals surface area contributed by atoms with Crippen molar-refractivity contribution in [3.05, 3.63) is 12.2 Å². The minimum absolute atomic E-state index is 0.109. The monoisotopic (exact) mass is 224 g/mol. The van der Waals surface area contributed by atoms with Gasteiger partial charge in [0.15, 0.2) is 0 Å². The number of carboxylic acid groups (broad SMARTS) is 1. The fraction of sp³-hybridized carbons (Fsp3) is 0.769. The number of hydrogen-bond acceptors (Lipinski definition) is 2. The Labute approximate surface area is 96.2 Å². The van der Waals surface area contributed by atoms with Gasteiger partial charge in [-0.05, 0) is 43.1 Å². The quantitative estimate of drug-likeness (QED) is 0.670. The van der Waals surface area contributed by atoms with Crippen LogP contribution in [0.5, 0.6) is 0 Å². The number of aliphatic carboxylic acids is 1. The summed E-state index contributed by atoms with van der Waals surface area (Å²) in [6, 6.07) is 0. The standard InChI is InChI=1S/C13H20O3/c1-7-3-6-10(13(15)16)11-9(7)5-4-8(2)12(11)14/h7,9-12,14H,2-6H2,1H3,(H,15,16)/t7-,9+,10-,11+,12-/m1/s1. The first-order valence-electron chi connectivity index (χ1n) is 6.11. The maximum absolute atomic E-state index is 11.2. The van der Waals surface area contributed by atoms with Crippen molar-refractivity contribution < 1.29 is 15.0 Å². The second-order valence-corrected chi connectivity index (χ2v) is 5.38. The van der Waals surface area contributed by atoms with Gasteiger partial charge < -0.3 is 10.2 Å². The van der Waals surface area contributed by atoms with Crippen molar-refractivity contribution in [2.75, 3.05) is 0 Å². The van der Waals surface area contributed by atoms with Crippen LogP contribution in [0.1, 0.15) is 32.6 Å². The van der Waals surface area contributed by atoms with Crippen molar-refractivity contribution in [2.45, 2.75) is 38.7 Å². The summed E-state index contributed by atoms with van der Waals surface area (Å²) in [6.07, 6.45) is 2.90. The molecular weight excluding hydrogens is 204 g/mol. The van der Waals surface area contributed by atoms with Gasteiger partial charge in [0, 0.05) is 5.92 Å². The molecule has 0 amide bonds. The molecule has 3 nitrogen and oxygen atoms in total. The number of carboxylic acids is 1. The van der Waals surface area contributed by atoms with E-state index in [4.69, 9.17) is 0 Å². The van der Waals surface area contributed by atoms with Gasteiger partial charge in [-0.1, -0.05) is 13.5 Å². The van der Waals surface area contributed by atoms with Crippen molar-refractivity contribution in [2.24, 2.45) is 23.7 Å². The summed E-state index contributed by atoms with van der Waals surface area (Å²) < 4.78 is 0. The number of carbonyl (C=O) groups is 1. The molecule has 0 bridgehead atoms. The van der Waals surface area contributed by atoms with E-state index in [0.717, 1.165) is 24.8 Å². The lowest BCUT2D eigenvalue weighted by Gasteiger charge is -2.46. The minimum atomic E-state index is -0.754. The molecule has 2 saturated carbocycles. The molecule has 0 radical (unpaired) electrons. The van der Waals surface area contributed by atoms with Gasteiger partial charge in [0.05, 0.1) is 12.0 Å². The molecule has 0 heterocycles. The van der Waals surface area contributed by atoms with E-state index >= 15 is 0 Å². The van der Waals surface area contributed by atoms with E-state index in [1.807, 2.05) is 0 Å². The molecule has 0 unspecified atom stereocenters. The van der Waals surface area contributed by atoms with Crippen LogP contribution in [0, 0.1) is 23.7 Å². The van der Waals surface area contributed by atoms with Crippen molar-refractivity contribution in [3.63, 3.8) is 0 Å². The van der Waals surface area contributed by atoms with E-state index in [1.165, 1.54) is 0 Å². The van der Waals surface area contributed by atoms with Gasteiger partial charge in [0.1, 0.15) is 0 Å². The minimum Gasteiger partial charge on any atom is -0.481 e. The first-order chi connectivity index (χ1) is 7.52. The molecule has 90 valence electrons. The SMILES string of the molecule is C=C1CC[C@@H]2[C@H]([C@@H]1O)[C@H](C(=O)O)CC[C@H]2C. The lowest BCUT2D eigenvalue weighted by Crippen LogP contribution is -2.47. The Kier molecular flexibility index (Phi) is 3.06. The summed E-state index contributed by atoms with van der Waals surface area (Å²) in [5, 5.41) is 19.4. The number of rotatable bonds is 1. The zero-order valence-corrected chi connectivity index (χ0v) is 9.72. The summed E-state index contributed by atoms with van der Waals surface area (Å²) in [5.41, 5.74) is 0.821. The molecule has 0 spiro atoms. The van der Waals surface area contributed by atoms with Crippen LogP contribution >= 0.6 is 0 Å². The van der Waals surface area contributed by atoms with Gasteiger partial charge in [-0.15, -0.1) is 0 Å². The molecule has 3 heteroatoms. The van der Waals surface area contributed by atoms with E-state index in [0.29, 0.717) is 18.3 Å². The van der Waals surface area contributed by atoms with Crippen molar-refractivity contribution in [1.29, 1.82) is 0 Å². The normalized spacial score (nSPS) is 43.9. The number of hydrogen-bond donors (Lipinski definition) is 2. The van der Waals surface area contributed by atoms with Crippen LogP contribution in [0.15, 0.2) is 12.2 Å². The lowest BCUT2D eigenvalue weighted by molar-refractivity contribution is -0.150. The van der Waals surface area contributed by atoms with Crippen LogP contribution in [0.3, 0.4) is 0 Å². The van der Waals surface area contributed by atoms with Crippen LogP contribution in [0.4, 0.5) is 0 Å². The molecule has 0 aliphatic heterocycles. The summed E-state index contributed by atoms with van der Waals surface area (Å²) in [7, 11) is 0. The molecule has 0 saturated heterocycles. The zero-order valence-electron chi connectivity index (χ0n) is 9.72. The second kappa shape index (κ2) is 4.21. The Hall–Kier alpha value is -0.830. The van der Waals surface area contributed by atoms with E-state index in [2.05, 4.69) is 13.5 Å². The van der Waals surface area contributed by atoms with E-state index in [9.17, 15) is 15.0 Å². The first kappa shape index (κ1) is 11.6. The zero-order chi connectivity index (χ0) is 11.9. The molecular formula is C13H20O3.